The fourth-order valence-corrected chi connectivity index (χ4v) is 13.0. The van der Waals surface area contributed by atoms with Crippen LogP contribution in [0, 0.1) is 10.2 Å². The zero-order valence-corrected chi connectivity index (χ0v) is 20.9. The fraction of sp³-hybridized carbons (Fsp3) is 0. The van der Waals surface area contributed by atoms with Crippen LogP contribution in [0.2, 0.25) is 0 Å². The molecule has 0 aliphatic rings. The predicted molar refractivity (Wildman–Crippen MR) is 133 cm³/mol. The molecule has 0 N–H and O–H groups in total. The van der Waals surface area contributed by atoms with Gasteiger partial charge in [-0.3, -0.25) is 0 Å². The van der Waals surface area contributed by atoms with Crippen LogP contribution in [0.4, 0.5) is 0 Å². The molecule has 5 nitrogen and oxygen atoms in total. The maximum absolute atomic E-state index is 12.6. The van der Waals surface area contributed by atoms with Crippen LogP contribution in [-0.2, 0) is 4.08 Å². The van der Waals surface area contributed by atoms with E-state index in [0.29, 0.717) is 26.4 Å². The van der Waals surface area contributed by atoms with Crippen LogP contribution in [0.15, 0.2) is 127 Å². The van der Waals surface area contributed by atoms with Crippen molar-refractivity contribution in [1.29, 1.82) is 0 Å². The summed E-state index contributed by atoms with van der Waals surface area (Å²) in [4.78, 5) is 4.98. The van der Waals surface area contributed by atoms with Crippen molar-refractivity contribution in [3.8, 4) is 10.6 Å². The Balaban J connectivity index is 1.98. The molecule has 0 unspecified atom stereocenters. The molecular weight excluding hydrogens is 501 g/mol. The monoisotopic (exact) mass is 521 g/mol. The van der Waals surface area contributed by atoms with Crippen LogP contribution in [0.25, 0.3) is 10.6 Å². The molecule has 0 spiro atoms. The van der Waals surface area contributed by atoms with Gasteiger partial charge >= 0.3 is 210 Å². The third-order valence-corrected chi connectivity index (χ3v) is 13.7. The third kappa shape index (κ3) is 3.99. The second-order valence-corrected chi connectivity index (χ2v) is 14.1. The molecule has 0 atom stereocenters. The Labute approximate surface area is 209 Å². The standard InChI is InChI=1S/C27H21ClNO4PS/c30-28(31,32)33-34(23-15-7-2-8-16-23,24-17-9-3-10-18-24,25-19-11-4-12-20-25)26-21-35-27(29-26)22-13-5-1-6-14-22/h1-21H. The molecular formula is C27H21ClNO4PS. The summed E-state index contributed by atoms with van der Waals surface area (Å²) in [7, 11) is -4.88. The second-order valence-electron chi connectivity index (χ2n) is 7.87. The van der Waals surface area contributed by atoms with Crippen molar-refractivity contribution in [1.82, 2.24) is 4.98 Å². The van der Waals surface area contributed by atoms with Gasteiger partial charge in [0.05, 0.1) is 0 Å². The van der Waals surface area contributed by atoms with Gasteiger partial charge < -0.3 is 0 Å². The van der Waals surface area contributed by atoms with E-state index in [1.807, 2.05) is 90.3 Å². The molecule has 0 saturated heterocycles. The van der Waals surface area contributed by atoms with Gasteiger partial charge in [-0.2, -0.15) is 0 Å². The molecule has 5 aromatic rings. The van der Waals surface area contributed by atoms with E-state index in [4.69, 9.17) is 9.06 Å². The van der Waals surface area contributed by atoms with Gasteiger partial charge in [-0.05, 0) is 0 Å². The van der Waals surface area contributed by atoms with Crippen molar-refractivity contribution in [2.45, 2.75) is 0 Å². The van der Waals surface area contributed by atoms with E-state index in [9.17, 15) is 14.0 Å². The molecule has 176 valence electrons. The minimum atomic E-state index is -4.88. The van der Waals surface area contributed by atoms with Gasteiger partial charge in [-0.1, -0.05) is 0 Å². The molecule has 4 aromatic carbocycles. The molecule has 0 fully saturated rings. The normalized spacial score (nSPS) is 13.2. The van der Waals surface area contributed by atoms with E-state index in [-0.39, 0.29) is 0 Å². The number of halogens is 1. The van der Waals surface area contributed by atoms with E-state index in [1.54, 1.807) is 36.4 Å². The second kappa shape index (κ2) is 9.26. The summed E-state index contributed by atoms with van der Waals surface area (Å²) in [5.74, 6) is 0. The molecule has 1 heterocycles. The van der Waals surface area contributed by atoms with Crippen LogP contribution < -0.4 is 35.3 Å². The van der Waals surface area contributed by atoms with Crippen LogP contribution in [0.5, 0.6) is 0 Å². The molecule has 0 saturated carbocycles. The van der Waals surface area contributed by atoms with Crippen molar-refractivity contribution in [3.63, 3.8) is 0 Å². The van der Waals surface area contributed by atoms with Crippen molar-refractivity contribution in [2.75, 3.05) is 0 Å². The number of hydrogen-bond donors (Lipinski definition) is 0. The van der Waals surface area contributed by atoms with E-state index in [1.165, 1.54) is 11.3 Å². The van der Waals surface area contributed by atoms with Gasteiger partial charge in [-0.25, -0.2) is 0 Å². The number of aromatic nitrogens is 1. The Morgan fingerprint density at radius 1 is 0.600 bits per heavy atom. The third-order valence-electron chi connectivity index (χ3n) is 5.92. The predicted octanol–water partition coefficient (Wildman–Crippen LogP) is 1.79. The first-order chi connectivity index (χ1) is 16.9. The zero-order valence-electron chi connectivity index (χ0n) is 18.4. The van der Waals surface area contributed by atoms with Gasteiger partial charge in [-0.15, -0.1) is 0 Å². The van der Waals surface area contributed by atoms with Crippen LogP contribution in [0.3, 0.4) is 0 Å². The van der Waals surface area contributed by atoms with Gasteiger partial charge in [0.1, 0.15) is 0 Å². The molecule has 8 heteroatoms. The van der Waals surface area contributed by atoms with Crippen molar-refractivity contribution in [2.24, 2.45) is 0 Å². The van der Waals surface area contributed by atoms with Crippen LogP contribution in [-0.4, -0.2) is 4.98 Å². The Hall–Kier alpha value is -2.93. The molecule has 0 bridgehead atoms. The number of hydrogen-bond acceptors (Lipinski definition) is 6. The van der Waals surface area contributed by atoms with E-state index < -0.39 is 17.1 Å². The first-order valence-corrected chi connectivity index (χ1v) is 15.0. The molecule has 0 aliphatic heterocycles. The first kappa shape index (κ1) is 23.8. The number of nitrogens with zero attached hydrogens (tertiary/aromatic N) is 1. The minimum absolute atomic E-state index is 0.398. The molecule has 35 heavy (non-hydrogen) atoms. The quantitative estimate of drug-likeness (QED) is 0.305. The topological polar surface area (TPSA) is 91.3 Å². The van der Waals surface area contributed by atoms with Crippen molar-refractivity contribution >= 4 is 39.5 Å². The summed E-state index contributed by atoms with van der Waals surface area (Å²) in [6, 6.07) is 36.8. The summed E-state index contributed by atoms with van der Waals surface area (Å²) >= 11 is 1.38. The average Bonchev–Trinajstić information content (AvgIpc) is 3.40. The molecule has 0 aliphatic carbocycles. The Bertz CT molecular complexity index is 1310. The number of thiazole rings is 1. The number of rotatable bonds is 7. The fourth-order valence-electron chi connectivity index (χ4n) is 4.48. The average molecular weight is 522 g/mol. The zero-order chi connectivity index (χ0) is 24.4. The van der Waals surface area contributed by atoms with Gasteiger partial charge in [0, 0.05) is 0 Å². The Morgan fingerprint density at radius 2 is 1.00 bits per heavy atom. The molecule has 0 radical (unpaired) electrons. The summed E-state index contributed by atoms with van der Waals surface area (Å²) < 4.78 is 43.8. The summed E-state index contributed by atoms with van der Waals surface area (Å²) in [5.41, 5.74) is 1.28. The summed E-state index contributed by atoms with van der Waals surface area (Å²) in [5, 5.41) is 4.20. The first-order valence-electron chi connectivity index (χ1n) is 10.8. The van der Waals surface area contributed by atoms with Gasteiger partial charge in [0.15, 0.2) is 0 Å². The SMILES string of the molecule is [O-][Cl+3]([O-])([O-])OP(c1ccccc1)(c1ccccc1)(c1ccccc1)c1csc(-c2ccccc2)n1. The molecule has 5 rings (SSSR count). The summed E-state index contributed by atoms with van der Waals surface area (Å²) in [6.07, 6.45) is 0. The Kier molecular flexibility index (Phi) is 6.30. The van der Waals surface area contributed by atoms with Gasteiger partial charge in [0.25, 0.3) is 0 Å². The maximum atomic E-state index is 12.6. The van der Waals surface area contributed by atoms with Crippen molar-refractivity contribution < 1.29 is 28.3 Å². The van der Waals surface area contributed by atoms with E-state index in [2.05, 4.69) is 0 Å². The molecule has 0 amide bonds. The number of benzene rings is 4. The van der Waals surface area contributed by atoms with Gasteiger partial charge in [0.2, 0.25) is 0 Å². The van der Waals surface area contributed by atoms with E-state index in [0.717, 1.165) is 5.56 Å². The van der Waals surface area contributed by atoms with Crippen molar-refractivity contribution in [3.05, 3.63) is 127 Å². The van der Waals surface area contributed by atoms with Crippen LogP contribution in [0.1, 0.15) is 0 Å². The van der Waals surface area contributed by atoms with Crippen LogP contribution >= 0.6 is 18.2 Å². The summed E-state index contributed by atoms with van der Waals surface area (Å²) in [6.45, 7) is -4.64. The van der Waals surface area contributed by atoms with E-state index >= 15 is 0 Å². The molecule has 1 aromatic heterocycles. The Morgan fingerprint density at radius 3 is 1.40 bits per heavy atom.